The van der Waals surface area contributed by atoms with Crippen molar-refractivity contribution in [2.45, 2.75) is 25.8 Å². The third kappa shape index (κ3) is 4.40. The molecule has 1 fully saturated rings. The van der Waals surface area contributed by atoms with E-state index in [1.165, 1.54) is 0 Å². The zero-order valence-electron chi connectivity index (χ0n) is 9.95. The van der Waals surface area contributed by atoms with E-state index < -0.39 is 23.9 Å². The lowest BCUT2D eigenvalue weighted by molar-refractivity contribution is -0.141. The molecule has 1 atom stereocenters. The maximum atomic E-state index is 11.4. The van der Waals surface area contributed by atoms with Gasteiger partial charge in [0.2, 0.25) is 11.8 Å². The van der Waals surface area contributed by atoms with Gasteiger partial charge in [0.15, 0.2) is 0 Å². The van der Waals surface area contributed by atoms with E-state index in [9.17, 15) is 19.2 Å². The van der Waals surface area contributed by atoms with Crippen LogP contribution in [0.1, 0.15) is 19.8 Å². The minimum Gasteiger partial charge on any atom is -0.465 e. The minimum absolute atomic E-state index is 0.175. The zero-order valence-corrected chi connectivity index (χ0v) is 9.95. The van der Waals surface area contributed by atoms with Crippen LogP contribution in [-0.4, -0.2) is 43.0 Å². The van der Waals surface area contributed by atoms with Gasteiger partial charge in [0, 0.05) is 6.42 Å². The largest absolute Gasteiger partial charge is 0.465 e. The van der Waals surface area contributed by atoms with Crippen molar-refractivity contribution in [1.82, 2.24) is 16.0 Å². The number of carbonyl (C=O) groups excluding carboxylic acids is 4. The quantitative estimate of drug-likeness (QED) is 0.426. The molecule has 0 saturated carbocycles. The number of rotatable bonds is 4. The maximum Gasteiger partial charge on any atom is 0.325 e. The van der Waals surface area contributed by atoms with Crippen LogP contribution in [0.4, 0.5) is 4.79 Å². The minimum atomic E-state index is -0.759. The van der Waals surface area contributed by atoms with Gasteiger partial charge in [-0.15, -0.1) is 0 Å². The normalized spacial score (nSPS) is 18.8. The van der Waals surface area contributed by atoms with Crippen LogP contribution in [-0.2, 0) is 19.1 Å². The van der Waals surface area contributed by atoms with Crippen LogP contribution in [0, 0.1) is 0 Å². The average molecular weight is 257 g/mol. The number of hydrogen-bond donors (Lipinski definition) is 3. The molecule has 1 aliphatic heterocycles. The molecule has 0 aromatic carbocycles. The highest BCUT2D eigenvalue weighted by Crippen LogP contribution is 2.03. The summed E-state index contributed by atoms with van der Waals surface area (Å²) in [4.78, 5) is 44.5. The Kier molecular flexibility index (Phi) is 5.09. The van der Waals surface area contributed by atoms with Crippen LogP contribution in [0.3, 0.4) is 0 Å². The molecular formula is C10H15N3O5. The van der Waals surface area contributed by atoms with Crippen molar-refractivity contribution in [1.29, 1.82) is 0 Å². The van der Waals surface area contributed by atoms with E-state index in [2.05, 4.69) is 20.7 Å². The molecule has 0 aromatic heterocycles. The topological polar surface area (TPSA) is 114 Å². The van der Waals surface area contributed by atoms with Gasteiger partial charge in [0.05, 0.1) is 6.61 Å². The lowest BCUT2D eigenvalue weighted by Crippen LogP contribution is -2.54. The molecule has 0 radical (unpaired) electrons. The Labute approximate surface area is 103 Å². The summed E-state index contributed by atoms with van der Waals surface area (Å²) < 4.78 is 4.61. The Morgan fingerprint density at radius 3 is 2.78 bits per heavy atom. The molecule has 0 aromatic rings. The van der Waals surface area contributed by atoms with Crippen molar-refractivity contribution in [3.8, 4) is 0 Å². The second-order valence-electron chi connectivity index (χ2n) is 3.64. The van der Waals surface area contributed by atoms with Crippen LogP contribution < -0.4 is 16.0 Å². The Bertz CT molecular complexity index is 369. The molecule has 3 N–H and O–H groups in total. The van der Waals surface area contributed by atoms with Crippen molar-refractivity contribution < 1.29 is 23.9 Å². The first kappa shape index (κ1) is 13.9. The van der Waals surface area contributed by atoms with E-state index in [4.69, 9.17) is 0 Å². The van der Waals surface area contributed by atoms with Gasteiger partial charge in [-0.1, -0.05) is 0 Å². The predicted molar refractivity (Wildman–Crippen MR) is 59.3 cm³/mol. The number of carbonyl (C=O) groups is 4. The van der Waals surface area contributed by atoms with Gasteiger partial charge in [-0.2, -0.15) is 0 Å². The fraction of sp³-hybridized carbons (Fsp3) is 0.600. The van der Waals surface area contributed by atoms with E-state index in [0.29, 0.717) is 0 Å². The van der Waals surface area contributed by atoms with Crippen LogP contribution in [0.15, 0.2) is 0 Å². The smallest absolute Gasteiger partial charge is 0.325 e. The van der Waals surface area contributed by atoms with Crippen molar-refractivity contribution >= 4 is 23.8 Å². The SMILES string of the molecule is CCOC(=O)CNC(=O)NC1CCC(=O)NC1=O. The summed E-state index contributed by atoms with van der Waals surface area (Å²) in [5, 5.41) is 6.73. The van der Waals surface area contributed by atoms with E-state index in [1.54, 1.807) is 6.92 Å². The summed E-state index contributed by atoms with van der Waals surface area (Å²) in [5.41, 5.74) is 0. The number of nitrogens with one attached hydrogen (secondary N) is 3. The van der Waals surface area contributed by atoms with Crippen molar-refractivity contribution in [2.75, 3.05) is 13.2 Å². The lowest BCUT2D eigenvalue weighted by Gasteiger charge is -2.21. The molecule has 1 saturated heterocycles. The standard InChI is InChI=1S/C10H15N3O5/c1-2-18-8(15)5-11-10(17)12-6-3-4-7(14)13-9(6)16/h6H,2-5H2,1H3,(H2,11,12,17)(H,13,14,16). The Balaban J connectivity index is 2.29. The van der Waals surface area contributed by atoms with Crippen molar-refractivity contribution in [3.05, 3.63) is 0 Å². The van der Waals surface area contributed by atoms with E-state index in [-0.39, 0.29) is 31.9 Å². The third-order valence-corrected chi connectivity index (χ3v) is 2.24. The predicted octanol–water partition coefficient (Wildman–Crippen LogP) is -1.35. The van der Waals surface area contributed by atoms with Gasteiger partial charge in [0.1, 0.15) is 12.6 Å². The van der Waals surface area contributed by atoms with Crippen molar-refractivity contribution in [2.24, 2.45) is 0 Å². The summed E-state index contributed by atoms with van der Waals surface area (Å²) in [5.74, 6) is -1.46. The number of piperidine rings is 1. The number of ether oxygens (including phenoxy) is 1. The lowest BCUT2D eigenvalue weighted by atomic mass is 10.1. The van der Waals surface area contributed by atoms with E-state index in [0.717, 1.165) is 0 Å². The molecule has 1 rings (SSSR count). The van der Waals surface area contributed by atoms with Gasteiger partial charge in [-0.3, -0.25) is 19.7 Å². The van der Waals surface area contributed by atoms with E-state index >= 15 is 0 Å². The number of imide groups is 1. The Morgan fingerprint density at radius 2 is 2.17 bits per heavy atom. The molecular weight excluding hydrogens is 242 g/mol. The zero-order chi connectivity index (χ0) is 13.5. The second kappa shape index (κ2) is 6.58. The molecule has 8 nitrogen and oxygen atoms in total. The third-order valence-electron chi connectivity index (χ3n) is 2.24. The molecule has 0 spiro atoms. The van der Waals surface area contributed by atoms with Crippen LogP contribution in [0.5, 0.6) is 0 Å². The van der Waals surface area contributed by atoms with Crippen molar-refractivity contribution in [3.63, 3.8) is 0 Å². The number of hydrogen-bond acceptors (Lipinski definition) is 5. The number of amides is 4. The number of urea groups is 1. The van der Waals surface area contributed by atoms with Crippen LogP contribution in [0.2, 0.25) is 0 Å². The van der Waals surface area contributed by atoms with Gasteiger partial charge in [-0.05, 0) is 13.3 Å². The molecule has 0 aliphatic carbocycles. The van der Waals surface area contributed by atoms with Crippen LogP contribution in [0.25, 0.3) is 0 Å². The summed E-state index contributed by atoms with van der Waals surface area (Å²) in [7, 11) is 0. The molecule has 100 valence electrons. The van der Waals surface area contributed by atoms with Gasteiger partial charge >= 0.3 is 12.0 Å². The maximum absolute atomic E-state index is 11.4. The number of esters is 1. The first-order chi connectivity index (χ1) is 8.52. The average Bonchev–Trinajstić information content (AvgIpc) is 2.31. The molecule has 18 heavy (non-hydrogen) atoms. The first-order valence-electron chi connectivity index (χ1n) is 5.56. The van der Waals surface area contributed by atoms with E-state index in [1.807, 2.05) is 0 Å². The summed E-state index contributed by atoms with van der Waals surface area (Å²) in [6, 6.07) is -1.41. The molecule has 4 amide bonds. The highest BCUT2D eigenvalue weighted by molar-refractivity contribution is 6.01. The second-order valence-corrected chi connectivity index (χ2v) is 3.64. The Hall–Kier alpha value is -2.12. The molecule has 1 unspecified atom stereocenters. The first-order valence-corrected chi connectivity index (χ1v) is 5.56. The molecule has 8 heteroatoms. The summed E-state index contributed by atoms with van der Waals surface area (Å²) in [6.45, 7) is 1.61. The molecule has 1 aliphatic rings. The van der Waals surface area contributed by atoms with Gasteiger partial charge in [-0.25, -0.2) is 4.79 Å². The monoisotopic (exact) mass is 257 g/mol. The van der Waals surface area contributed by atoms with Crippen LogP contribution >= 0.6 is 0 Å². The van der Waals surface area contributed by atoms with Gasteiger partial charge < -0.3 is 15.4 Å². The molecule has 0 bridgehead atoms. The Morgan fingerprint density at radius 1 is 1.44 bits per heavy atom. The fourth-order valence-electron chi connectivity index (χ4n) is 1.41. The summed E-state index contributed by atoms with van der Waals surface area (Å²) in [6.07, 6.45) is 0.423. The fourth-order valence-corrected chi connectivity index (χ4v) is 1.41. The summed E-state index contributed by atoms with van der Waals surface area (Å²) >= 11 is 0. The molecule has 1 heterocycles. The highest BCUT2D eigenvalue weighted by Gasteiger charge is 2.27. The van der Waals surface area contributed by atoms with Gasteiger partial charge in [0.25, 0.3) is 0 Å². The highest BCUT2D eigenvalue weighted by atomic mass is 16.5.